The summed E-state index contributed by atoms with van der Waals surface area (Å²) in [5.41, 5.74) is 2.95. The number of rotatable bonds is 14. The van der Waals surface area contributed by atoms with E-state index in [1.807, 2.05) is 78.9 Å². The van der Waals surface area contributed by atoms with Gasteiger partial charge in [0.05, 0.1) is 37.0 Å². The summed E-state index contributed by atoms with van der Waals surface area (Å²) in [6.45, 7) is 6.30. The van der Waals surface area contributed by atoms with Crippen molar-refractivity contribution in [3.05, 3.63) is 114 Å². The van der Waals surface area contributed by atoms with Gasteiger partial charge in [0.1, 0.15) is 18.0 Å². The molecule has 254 valence electrons. The minimum atomic E-state index is -1.09. The highest BCUT2D eigenvalue weighted by molar-refractivity contribution is 5.80. The molecule has 4 aromatic rings. The molecule has 0 radical (unpaired) electrons. The molecule has 1 aliphatic rings. The Morgan fingerprint density at radius 3 is 2.40 bits per heavy atom. The third kappa shape index (κ3) is 9.88. The molecular formula is C37H45N5O6. The molecule has 48 heavy (non-hydrogen) atoms. The van der Waals surface area contributed by atoms with E-state index in [-0.39, 0.29) is 12.3 Å². The summed E-state index contributed by atoms with van der Waals surface area (Å²) in [7, 11) is 0. The molecule has 11 nitrogen and oxygen atoms in total. The van der Waals surface area contributed by atoms with Crippen LogP contribution in [0, 0.1) is 5.92 Å². The van der Waals surface area contributed by atoms with Gasteiger partial charge in [-0.3, -0.25) is 4.79 Å². The molecule has 2 amide bonds. The molecular weight excluding hydrogens is 610 g/mol. The van der Waals surface area contributed by atoms with E-state index in [0.717, 1.165) is 22.3 Å². The molecule has 0 bridgehead atoms. The summed E-state index contributed by atoms with van der Waals surface area (Å²) >= 11 is 0. The van der Waals surface area contributed by atoms with Gasteiger partial charge in [0.25, 0.3) is 0 Å². The molecule has 3 unspecified atom stereocenters. The van der Waals surface area contributed by atoms with E-state index in [1.165, 1.54) is 0 Å². The molecule has 0 aliphatic heterocycles. The van der Waals surface area contributed by atoms with Crippen LogP contribution in [0.4, 0.5) is 4.79 Å². The first-order chi connectivity index (χ1) is 23.0. The van der Waals surface area contributed by atoms with Gasteiger partial charge in [0.15, 0.2) is 0 Å². The third-order valence-corrected chi connectivity index (χ3v) is 8.33. The summed E-state index contributed by atoms with van der Waals surface area (Å²) in [6.07, 6.45) is 2.05. The lowest BCUT2D eigenvalue weighted by molar-refractivity contribution is -0.127. The lowest BCUT2D eigenvalue weighted by Crippen LogP contribution is -2.48. The van der Waals surface area contributed by atoms with E-state index in [2.05, 4.69) is 20.9 Å². The van der Waals surface area contributed by atoms with Crippen LogP contribution in [0.15, 0.2) is 91.3 Å². The van der Waals surface area contributed by atoms with Crippen LogP contribution >= 0.6 is 0 Å². The summed E-state index contributed by atoms with van der Waals surface area (Å²) in [6, 6.07) is 23.4. The van der Waals surface area contributed by atoms with Crippen molar-refractivity contribution >= 4 is 12.0 Å². The Kier molecular flexibility index (Phi) is 11.5. The minimum absolute atomic E-state index is 0.0553. The Morgan fingerprint density at radius 1 is 0.979 bits per heavy atom. The molecule has 1 aliphatic carbocycles. The second-order valence-electron chi connectivity index (χ2n) is 13.3. The Hall–Kier alpha value is -4.74. The summed E-state index contributed by atoms with van der Waals surface area (Å²) in [4.78, 5) is 26.9. The van der Waals surface area contributed by atoms with E-state index >= 15 is 0 Å². The number of amides is 2. The minimum Gasteiger partial charge on any atom is -0.492 e. The first kappa shape index (κ1) is 34.6. The number of hydrogen-bond donors (Lipinski definition) is 4. The zero-order valence-electron chi connectivity index (χ0n) is 27.7. The van der Waals surface area contributed by atoms with Gasteiger partial charge in [-0.1, -0.05) is 71.9 Å². The van der Waals surface area contributed by atoms with Gasteiger partial charge in [0, 0.05) is 18.5 Å². The average Bonchev–Trinajstić information content (AvgIpc) is 3.68. The van der Waals surface area contributed by atoms with Crippen LogP contribution in [0.2, 0.25) is 0 Å². The molecule has 5 atom stereocenters. The fourth-order valence-corrected chi connectivity index (χ4v) is 5.98. The van der Waals surface area contributed by atoms with Crippen molar-refractivity contribution < 1.29 is 29.3 Å². The smallest absolute Gasteiger partial charge is 0.407 e. The van der Waals surface area contributed by atoms with Crippen LogP contribution < -0.4 is 15.4 Å². The second kappa shape index (κ2) is 15.9. The van der Waals surface area contributed by atoms with Crippen LogP contribution in [0.1, 0.15) is 55.5 Å². The standard InChI is InChI=1S/C37H45N5O6/c1-37(2,3)48-36(46)39-31(22-25-9-5-4-6-10-25)32(43)24-28(35(45)40-34-30-12-8-7-11-27(30)23-33(34)44)21-26-13-15-29(16-14-26)47-20-19-42-18-17-38-41-42/h4-18,28,31-34,43-44H,19-24H2,1-3H3,(H,39,46)(H,40,45)/t28?,31?,32?,33-,34-/m0/s1. The fraction of sp³-hybridized carbons (Fsp3) is 0.405. The zero-order chi connectivity index (χ0) is 34.1. The number of aliphatic hydroxyl groups excluding tert-OH is 2. The first-order valence-corrected chi connectivity index (χ1v) is 16.4. The molecule has 5 rings (SSSR count). The van der Waals surface area contributed by atoms with Crippen LogP contribution in [0.25, 0.3) is 0 Å². The van der Waals surface area contributed by atoms with Crippen molar-refractivity contribution in [2.24, 2.45) is 5.92 Å². The predicted octanol–water partition coefficient (Wildman–Crippen LogP) is 4.18. The van der Waals surface area contributed by atoms with Gasteiger partial charge in [-0.25, -0.2) is 9.48 Å². The zero-order valence-corrected chi connectivity index (χ0v) is 27.7. The summed E-state index contributed by atoms with van der Waals surface area (Å²) in [5.74, 6) is -0.300. The molecule has 0 spiro atoms. The molecule has 1 aromatic heterocycles. The quantitative estimate of drug-likeness (QED) is 0.158. The maximum absolute atomic E-state index is 14.0. The molecule has 1 heterocycles. The van der Waals surface area contributed by atoms with E-state index in [0.29, 0.717) is 38.2 Å². The number of fused-ring (bicyclic) bond motifs is 1. The Balaban J connectivity index is 1.33. The van der Waals surface area contributed by atoms with Crippen LogP contribution in [-0.2, 0) is 35.3 Å². The van der Waals surface area contributed by atoms with E-state index in [1.54, 1.807) is 37.8 Å². The molecule has 4 N–H and O–H groups in total. The third-order valence-electron chi connectivity index (χ3n) is 8.33. The van der Waals surface area contributed by atoms with Crippen LogP contribution in [0.5, 0.6) is 5.75 Å². The van der Waals surface area contributed by atoms with Crippen molar-refractivity contribution in [3.63, 3.8) is 0 Å². The molecule has 0 saturated carbocycles. The molecule has 11 heteroatoms. The number of aliphatic hydroxyl groups is 2. The predicted molar refractivity (Wildman–Crippen MR) is 180 cm³/mol. The van der Waals surface area contributed by atoms with Crippen molar-refractivity contribution in [3.8, 4) is 5.75 Å². The number of nitrogens with zero attached hydrogens (tertiary/aromatic N) is 3. The lowest BCUT2D eigenvalue weighted by Gasteiger charge is -2.29. The fourth-order valence-electron chi connectivity index (χ4n) is 5.98. The average molecular weight is 656 g/mol. The summed E-state index contributed by atoms with van der Waals surface area (Å²) in [5, 5.41) is 36.2. The number of aromatic nitrogens is 3. The van der Waals surface area contributed by atoms with E-state index in [4.69, 9.17) is 9.47 Å². The van der Waals surface area contributed by atoms with Crippen molar-refractivity contribution in [1.29, 1.82) is 0 Å². The first-order valence-electron chi connectivity index (χ1n) is 16.4. The number of alkyl carbamates (subject to hydrolysis) is 1. The highest BCUT2D eigenvalue weighted by atomic mass is 16.6. The Bertz CT molecular complexity index is 1610. The highest BCUT2D eigenvalue weighted by Gasteiger charge is 2.35. The van der Waals surface area contributed by atoms with Gasteiger partial charge < -0.3 is 30.3 Å². The van der Waals surface area contributed by atoms with Crippen molar-refractivity contribution in [1.82, 2.24) is 25.6 Å². The second-order valence-corrected chi connectivity index (χ2v) is 13.3. The SMILES string of the molecule is CC(C)(C)OC(=O)NC(Cc1ccccc1)C(O)CC(Cc1ccc(OCCn2ccnn2)cc1)C(=O)N[C@H]1c2ccccc2C[C@@H]1O. The van der Waals surface area contributed by atoms with Crippen LogP contribution in [0.3, 0.4) is 0 Å². The van der Waals surface area contributed by atoms with Crippen molar-refractivity contribution in [2.75, 3.05) is 6.61 Å². The normalized spacial score (nSPS) is 17.5. The van der Waals surface area contributed by atoms with Crippen molar-refractivity contribution in [2.45, 2.75) is 82.9 Å². The maximum atomic E-state index is 14.0. The lowest BCUT2D eigenvalue weighted by atomic mass is 9.88. The number of nitrogens with one attached hydrogen (secondary N) is 2. The van der Waals surface area contributed by atoms with Gasteiger partial charge >= 0.3 is 6.09 Å². The van der Waals surface area contributed by atoms with Gasteiger partial charge in [-0.15, -0.1) is 5.10 Å². The number of benzene rings is 3. The number of ether oxygens (including phenoxy) is 2. The van der Waals surface area contributed by atoms with Gasteiger partial charge in [0.2, 0.25) is 5.91 Å². The largest absolute Gasteiger partial charge is 0.492 e. The van der Waals surface area contributed by atoms with Gasteiger partial charge in [-0.05, 0) is 74.4 Å². The molecule has 0 fully saturated rings. The van der Waals surface area contributed by atoms with E-state index < -0.39 is 41.9 Å². The summed E-state index contributed by atoms with van der Waals surface area (Å²) < 4.78 is 13.1. The van der Waals surface area contributed by atoms with E-state index in [9.17, 15) is 19.8 Å². The molecule has 3 aromatic carbocycles. The maximum Gasteiger partial charge on any atom is 0.407 e. The number of hydrogen-bond acceptors (Lipinski definition) is 8. The topological polar surface area (TPSA) is 148 Å². The van der Waals surface area contributed by atoms with Gasteiger partial charge in [-0.2, -0.15) is 0 Å². The number of carbonyl (C=O) groups excluding carboxylic acids is 2. The number of carbonyl (C=O) groups is 2. The Morgan fingerprint density at radius 2 is 1.69 bits per heavy atom. The van der Waals surface area contributed by atoms with Crippen LogP contribution in [-0.4, -0.2) is 67.7 Å². The highest BCUT2D eigenvalue weighted by Crippen LogP contribution is 2.32. The Labute approximate surface area is 281 Å². The monoisotopic (exact) mass is 655 g/mol. The molecule has 0 saturated heterocycles.